The summed E-state index contributed by atoms with van der Waals surface area (Å²) in [5.74, 6) is 3.55. The first-order valence-electron chi connectivity index (χ1n) is 10.5. The van der Waals surface area contributed by atoms with Crippen molar-refractivity contribution >= 4 is 23.2 Å². The van der Waals surface area contributed by atoms with E-state index < -0.39 is 0 Å². The average molecular weight is 437 g/mol. The molecule has 0 aliphatic rings. The quantitative estimate of drug-likeness (QED) is 0.313. The van der Waals surface area contributed by atoms with E-state index in [0.29, 0.717) is 30.0 Å². The summed E-state index contributed by atoms with van der Waals surface area (Å²) >= 11 is 12.7. The zero-order valence-corrected chi connectivity index (χ0v) is 19.7. The van der Waals surface area contributed by atoms with Gasteiger partial charge in [-0.3, -0.25) is 0 Å². The summed E-state index contributed by atoms with van der Waals surface area (Å²) in [5, 5.41) is 0. The molecule has 2 nitrogen and oxygen atoms in total. The van der Waals surface area contributed by atoms with Crippen molar-refractivity contribution in [2.45, 2.75) is 58.2 Å². The van der Waals surface area contributed by atoms with E-state index in [-0.39, 0.29) is 0 Å². The molecular weight excluding hydrogens is 403 g/mol. The highest BCUT2D eigenvalue weighted by Gasteiger charge is 2.20. The van der Waals surface area contributed by atoms with Gasteiger partial charge in [0.15, 0.2) is 11.5 Å². The van der Waals surface area contributed by atoms with E-state index >= 15 is 0 Å². The molecule has 0 aromatic heterocycles. The number of hydrogen-bond donors (Lipinski definition) is 0. The van der Waals surface area contributed by atoms with Gasteiger partial charge in [0.2, 0.25) is 0 Å². The number of rotatable bonds is 12. The third kappa shape index (κ3) is 6.83. The van der Waals surface area contributed by atoms with Gasteiger partial charge < -0.3 is 9.47 Å². The Hall–Kier alpha value is -1.38. The maximum absolute atomic E-state index is 6.35. The van der Waals surface area contributed by atoms with Gasteiger partial charge in [-0.2, -0.15) is 0 Å². The molecule has 0 saturated heterocycles. The summed E-state index contributed by atoms with van der Waals surface area (Å²) in [6.45, 7) is 7.50. The van der Waals surface area contributed by atoms with Crippen LogP contribution >= 0.6 is 23.2 Å². The van der Waals surface area contributed by atoms with Crippen LogP contribution in [-0.4, -0.2) is 13.7 Å². The first-order chi connectivity index (χ1) is 14.0. The van der Waals surface area contributed by atoms with Crippen molar-refractivity contribution in [3.8, 4) is 22.6 Å². The fourth-order valence-electron chi connectivity index (χ4n) is 3.59. The largest absolute Gasteiger partial charge is 0.493 e. The lowest BCUT2D eigenvalue weighted by Gasteiger charge is -2.21. The van der Waals surface area contributed by atoms with Crippen molar-refractivity contribution in [2.24, 2.45) is 11.8 Å². The van der Waals surface area contributed by atoms with Crippen LogP contribution in [0.4, 0.5) is 0 Å². The third-order valence-corrected chi connectivity index (χ3v) is 5.90. The maximum Gasteiger partial charge on any atom is 0.165 e. The molecule has 0 aliphatic carbocycles. The number of alkyl halides is 2. The Balaban J connectivity index is 2.19. The van der Waals surface area contributed by atoms with Crippen LogP contribution in [0.5, 0.6) is 11.5 Å². The van der Waals surface area contributed by atoms with Gasteiger partial charge in [0.1, 0.15) is 0 Å². The molecule has 2 rings (SSSR count). The lowest BCUT2D eigenvalue weighted by molar-refractivity contribution is 0.260. The van der Waals surface area contributed by atoms with E-state index in [2.05, 4.69) is 32.9 Å². The molecule has 4 heteroatoms. The van der Waals surface area contributed by atoms with E-state index in [1.165, 1.54) is 19.3 Å². The second-order valence-electron chi connectivity index (χ2n) is 8.11. The summed E-state index contributed by atoms with van der Waals surface area (Å²) < 4.78 is 11.9. The Morgan fingerprint density at radius 1 is 0.897 bits per heavy atom. The Morgan fingerprint density at radius 2 is 1.59 bits per heavy atom. The van der Waals surface area contributed by atoms with Crippen molar-refractivity contribution in [2.75, 3.05) is 13.7 Å². The van der Waals surface area contributed by atoms with Gasteiger partial charge in [-0.05, 0) is 41.0 Å². The molecule has 0 saturated carbocycles. The lowest BCUT2D eigenvalue weighted by atomic mass is 9.95. The van der Waals surface area contributed by atoms with Crippen molar-refractivity contribution in [1.82, 2.24) is 0 Å². The van der Waals surface area contributed by atoms with Crippen molar-refractivity contribution < 1.29 is 9.47 Å². The van der Waals surface area contributed by atoms with Gasteiger partial charge in [-0.1, -0.05) is 70.4 Å². The molecule has 0 spiro atoms. The Bertz CT molecular complexity index is 744. The van der Waals surface area contributed by atoms with Gasteiger partial charge >= 0.3 is 0 Å². The van der Waals surface area contributed by atoms with Gasteiger partial charge in [0.25, 0.3) is 0 Å². The van der Waals surface area contributed by atoms with Crippen LogP contribution in [-0.2, 0) is 11.8 Å². The fraction of sp³-hybridized carbons (Fsp3) is 0.520. The number of halogens is 2. The van der Waals surface area contributed by atoms with Crippen LogP contribution < -0.4 is 9.47 Å². The minimum atomic E-state index is 0.332. The first kappa shape index (κ1) is 23.9. The molecule has 0 radical (unpaired) electrons. The van der Waals surface area contributed by atoms with Crippen molar-refractivity contribution in [1.29, 1.82) is 0 Å². The second-order valence-corrected chi connectivity index (χ2v) is 8.65. The summed E-state index contributed by atoms with van der Waals surface area (Å²) in [5.41, 5.74) is 4.07. The highest BCUT2D eigenvalue weighted by Crippen LogP contribution is 2.42. The van der Waals surface area contributed by atoms with Crippen LogP contribution in [0.1, 0.15) is 57.6 Å². The number of hydrogen-bond acceptors (Lipinski definition) is 2. The van der Waals surface area contributed by atoms with E-state index in [4.69, 9.17) is 32.7 Å². The monoisotopic (exact) mass is 436 g/mol. The van der Waals surface area contributed by atoms with Gasteiger partial charge in [0, 0.05) is 11.4 Å². The highest BCUT2D eigenvalue weighted by molar-refractivity contribution is 6.19. The molecule has 1 unspecified atom stereocenters. The molecule has 0 aliphatic heterocycles. The second kappa shape index (κ2) is 12.3. The van der Waals surface area contributed by atoms with Gasteiger partial charge in [-0.25, -0.2) is 0 Å². The minimum absolute atomic E-state index is 0.332. The van der Waals surface area contributed by atoms with Gasteiger partial charge in [-0.15, -0.1) is 23.2 Å². The molecule has 29 heavy (non-hydrogen) atoms. The Kier molecular flexibility index (Phi) is 10.2. The molecule has 0 amide bonds. The molecule has 0 bridgehead atoms. The first-order valence-corrected chi connectivity index (χ1v) is 11.6. The smallest absolute Gasteiger partial charge is 0.165 e. The fourth-order valence-corrected chi connectivity index (χ4v) is 4.18. The Morgan fingerprint density at radius 3 is 2.17 bits per heavy atom. The van der Waals surface area contributed by atoms with Crippen molar-refractivity contribution in [3.63, 3.8) is 0 Å². The number of ether oxygens (including phenoxy) is 2. The van der Waals surface area contributed by atoms with Crippen LogP contribution in [0.15, 0.2) is 36.4 Å². The van der Waals surface area contributed by atoms with Gasteiger partial charge in [0.05, 0.1) is 19.6 Å². The molecule has 2 aromatic rings. The summed E-state index contributed by atoms with van der Waals surface area (Å²) in [6, 6.07) is 12.2. The zero-order chi connectivity index (χ0) is 21.2. The van der Waals surface area contributed by atoms with E-state index in [1.807, 2.05) is 24.3 Å². The number of benzene rings is 2. The topological polar surface area (TPSA) is 18.5 Å². The minimum Gasteiger partial charge on any atom is -0.493 e. The summed E-state index contributed by atoms with van der Waals surface area (Å²) in [4.78, 5) is 0. The Labute approximate surface area is 186 Å². The predicted octanol–water partition coefficient (Wildman–Crippen LogP) is 8.07. The molecule has 2 aromatic carbocycles. The normalized spacial score (nSPS) is 12.2. The zero-order valence-electron chi connectivity index (χ0n) is 18.1. The summed E-state index contributed by atoms with van der Waals surface area (Å²) in [6.07, 6.45) is 4.81. The highest BCUT2D eigenvalue weighted by atomic mass is 35.5. The third-order valence-electron chi connectivity index (χ3n) is 5.37. The maximum atomic E-state index is 6.35. The van der Waals surface area contributed by atoms with E-state index in [0.717, 1.165) is 40.3 Å². The number of methoxy groups -OCH3 is 1. The molecule has 1 atom stereocenters. The molecule has 0 fully saturated rings. The molecule has 160 valence electrons. The predicted molar refractivity (Wildman–Crippen MR) is 126 cm³/mol. The van der Waals surface area contributed by atoms with Crippen molar-refractivity contribution in [3.05, 3.63) is 47.5 Å². The average Bonchev–Trinajstić information content (AvgIpc) is 2.73. The molecular formula is C25H34Cl2O2. The molecule has 0 N–H and O–H groups in total. The SMILES string of the molecule is COc1cc(-c2ccccc2)c(CCl)c(CCl)c1OCCC(C)CCCC(C)C. The van der Waals surface area contributed by atoms with Crippen LogP contribution in [0.3, 0.4) is 0 Å². The van der Waals surface area contributed by atoms with Crippen LogP contribution in [0.25, 0.3) is 11.1 Å². The van der Waals surface area contributed by atoms with Crippen LogP contribution in [0, 0.1) is 11.8 Å². The lowest BCUT2D eigenvalue weighted by Crippen LogP contribution is -2.08. The van der Waals surface area contributed by atoms with E-state index in [9.17, 15) is 0 Å². The molecule has 0 heterocycles. The standard InChI is InChI=1S/C25H34Cl2O2/c1-18(2)9-8-10-19(3)13-14-29-25-23(17-27)22(16-26)21(15-24(25)28-4)20-11-6-5-7-12-20/h5-7,11-12,15,18-19H,8-10,13-14,16-17H2,1-4H3. The van der Waals surface area contributed by atoms with E-state index in [1.54, 1.807) is 7.11 Å². The van der Waals surface area contributed by atoms with Crippen LogP contribution in [0.2, 0.25) is 0 Å². The summed E-state index contributed by atoms with van der Waals surface area (Å²) in [7, 11) is 1.67.